The first kappa shape index (κ1) is 16.2. The van der Waals surface area contributed by atoms with Crippen LogP contribution in [0.25, 0.3) is 16.8 Å². The van der Waals surface area contributed by atoms with Crippen molar-refractivity contribution in [2.45, 2.75) is 6.04 Å². The van der Waals surface area contributed by atoms with Crippen molar-refractivity contribution in [2.24, 2.45) is 11.5 Å². The summed E-state index contributed by atoms with van der Waals surface area (Å²) in [5.74, 6) is -0.565. The molecule has 24 heavy (non-hydrogen) atoms. The molecule has 5 N–H and O–H groups in total. The first-order valence-electron chi connectivity index (χ1n) is 7.76. The Labute approximate surface area is 139 Å². The van der Waals surface area contributed by atoms with E-state index in [1.54, 1.807) is 6.08 Å². The summed E-state index contributed by atoms with van der Waals surface area (Å²) in [6.45, 7) is 0.571. The van der Waals surface area contributed by atoms with Gasteiger partial charge in [-0.3, -0.25) is 9.59 Å². The van der Waals surface area contributed by atoms with Crippen LogP contribution in [0.2, 0.25) is 0 Å². The standard InChI is InChI=1S/C18H19N3O3/c19-10-13(20)18(23)24-9-8-21-14-6-4-11-2-1-3-12-5-7-15(22)17(14)16(11)12/h1-7,13,21H,8-10,19-20H2. The second-order valence-corrected chi connectivity index (χ2v) is 5.57. The Balaban J connectivity index is 1.75. The molecule has 1 aliphatic carbocycles. The van der Waals surface area contributed by atoms with E-state index in [4.69, 9.17) is 16.2 Å². The maximum Gasteiger partial charge on any atom is 0.324 e. The summed E-state index contributed by atoms with van der Waals surface area (Å²) in [4.78, 5) is 23.8. The zero-order valence-corrected chi connectivity index (χ0v) is 13.1. The van der Waals surface area contributed by atoms with Crippen molar-refractivity contribution in [1.82, 2.24) is 0 Å². The molecule has 1 atom stereocenters. The summed E-state index contributed by atoms with van der Waals surface area (Å²) in [5.41, 5.74) is 13.2. The van der Waals surface area contributed by atoms with Gasteiger partial charge in [0.05, 0.1) is 5.56 Å². The number of hydrogen-bond acceptors (Lipinski definition) is 6. The Hall–Kier alpha value is -2.70. The molecule has 0 fully saturated rings. The summed E-state index contributed by atoms with van der Waals surface area (Å²) in [7, 11) is 0. The van der Waals surface area contributed by atoms with Gasteiger partial charge in [0, 0.05) is 24.2 Å². The summed E-state index contributed by atoms with van der Waals surface area (Å²) in [6.07, 6.45) is 3.40. The van der Waals surface area contributed by atoms with Crippen LogP contribution in [0.1, 0.15) is 15.9 Å². The molecule has 0 spiro atoms. The maximum absolute atomic E-state index is 12.3. The summed E-state index contributed by atoms with van der Waals surface area (Å²) in [5, 5.41) is 5.12. The van der Waals surface area contributed by atoms with Crippen LogP contribution in [0.15, 0.2) is 36.4 Å². The lowest BCUT2D eigenvalue weighted by molar-refractivity contribution is -0.144. The first-order valence-corrected chi connectivity index (χ1v) is 7.76. The van der Waals surface area contributed by atoms with E-state index >= 15 is 0 Å². The quantitative estimate of drug-likeness (QED) is 0.546. The zero-order chi connectivity index (χ0) is 17.1. The molecule has 1 unspecified atom stereocenters. The van der Waals surface area contributed by atoms with Crippen LogP contribution < -0.4 is 16.8 Å². The monoisotopic (exact) mass is 325 g/mol. The molecule has 0 heterocycles. The second-order valence-electron chi connectivity index (χ2n) is 5.57. The number of nitrogens with one attached hydrogen (secondary N) is 1. The van der Waals surface area contributed by atoms with Gasteiger partial charge in [-0.15, -0.1) is 0 Å². The summed E-state index contributed by atoms with van der Waals surface area (Å²) >= 11 is 0. The highest BCUT2D eigenvalue weighted by Crippen LogP contribution is 2.33. The van der Waals surface area contributed by atoms with Crippen LogP contribution in [0, 0.1) is 0 Å². The van der Waals surface area contributed by atoms with Crippen molar-refractivity contribution < 1.29 is 14.3 Å². The Kier molecular flexibility index (Phi) is 4.59. The lowest BCUT2D eigenvalue weighted by atomic mass is 9.91. The van der Waals surface area contributed by atoms with E-state index in [-0.39, 0.29) is 18.9 Å². The predicted octanol–water partition coefficient (Wildman–Crippen LogP) is 1.29. The minimum Gasteiger partial charge on any atom is -0.463 e. The van der Waals surface area contributed by atoms with Crippen molar-refractivity contribution in [1.29, 1.82) is 0 Å². The molecule has 3 rings (SSSR count). The fraction of sp³-hybridized carbons (Fsp3) is 0.222. The fourth-order valence-electron chi connectivity index (χ4n) is 2.74. The van der Waals surface area contributed by atoms with E-state index in [1.165, 1.54) is 0 Å². The fourth-order valence-corrected chi connectivity index (χ4v) is 2.74. The molecule has 2 aromatic rings. The molecule has 0 bridgehead atoms. The zero-order valence-electron chi connectivity index (χ0n) is 13.1. The van der Waals surface area contributed by atoms with Crippen molar-refractivity contribution in [3.63, 3.8) is 0 Å². The third-order valence-corrected chi connectivity index (χ3v) is 3.96. The maximum atomic E-state index is 12.3. The number of carbonyl (C=O) groups is 2. The molecule has 0 radical (unpaired) electrons. The number of benzene rings is 2. The van der Waals surface area contributed by atoms with E-state index < -0.39 is 12.0 Å². The van der Waals surface area contributed by atoms with E-state index in [2.05, 4.69) is 5.32 Å². The van der Waals surface area contributed by atoms with Crippen molar-refractivity contribution in [3.8, 4) is 0 Å². The van der Waals surface area contributed by atoms with Gasteiger partial charge in [-0.25, -0.2) is 0 Å². The van der Waals surface area contributed by atoms with E-state index in [0.717, 1.165) is 22.0 Å². The van der Waals surface area contributed by atoms with Crippen LogP contribution in [0.4, 0.5) is 5.69 Å². The van der Waals surface area contributed by atoms with Crippen LogP contribution in [-0.4, -0.2) is 37.5 Å². The first-order chi connectivity index (χ1) is 11.6. The molecular weight excluding hydrogens is 306 g/mol. The number of carbonyl (C=O) groups excluding carboxylic acids is 2. The summed E-state index contributed by atoms with van der Waals surface area (Å²) in [6, 6.07) is 8.96. The Morgan fingerprint density at radius 2 is 2.04 bits per heavy atom. The van der Waals surface area contributed by atoms with Gasteiger partial charge >= 0.3 is 5.97 Å². The number of ether oxygens (including phenoxy) is 1. The van der Waals surface area contributed by atoms with Gasteiger partial charge < -0.3 is 21.5 Å². The SMILES string of the molecule is NCC(N)C(=O)OCCNc1ccc2cccc3c2c1C(=O)C=C3. The molecule has 0 aromatic heterocycles. The third kappa shape index (κ3) is 3.02. The minimum absolute atomic E-state index is 0.0380. The van der Waals surface area contributed by atoms with Gasteiger partial charge in [0.25, 0.3) is 0 Å². The van der Waals surface area contributed by atoms with E-state index in [1.807, 2.05) is 36.4 Å². The molecular formula is C18H19N3O3. The van der Waals surface area contributed by atoms with Crippen molar-refractivity contribution >= 4 is 34.3 Å². The Bertz CT molecular complexity index is 830. The Morgan fingerprint density at radius 1 is 1.21 bits per heavy atom. The third-order valence-electron chi connectivity index (χ3n) is 3.96. The highest BCUT2D eigenvalue weighted by Gasteiger charge is 2.19. The van der Waals surface area contributed by atoms with Gasteiger partial charge in [-0.1, -0.05) is 30.3 Å². The Morgan fingerprint density at radius 3 is 2.83 bits per heavy atom. The lowest BCUT2D eigenvalue weighted by Crippen LogP contribution is -2.39. The molecule has 6 heteroatoms. The number of ketones is 1. The molecule has 0 saturated carbocycles. The molecule has 1 aliphatic rings. The van der Waals surface area contributed by atoms with Crippen molar-refractivity contribution in [3.05, 3.63) is 47.5 Å². The van der Waals surface area contributed by atoms with Crippen LogP contribution >= 0.6 is 0 Å². The van der Waals surface area contributed by atoms with Crippen LogP contribution in [-0.2, 0) is 9.53 Å². The smallest absolute Gasteiger partial charge is 0.324 e. The predicted molar refractivity (Wildman–Crippen MR) is 93.8 cm³/mol. The number of rotatable bonds is 6. The normalized spacial score (nSPS) is 13.8. The van der Waals surface area contributed by atoms with Gasteiger partial charge in [0.2, 0.25) is 0 Å². The van der Waals surface area contributed by atoms with Gasteiger partial charge in [-0.2, -0.15) is 0 Å². The summed E-state index contributed by atoms with van der Waals surface area (Å²) < 4.78 is 5.04. The van der Waals surface area contributed by atoms with Gasteiger partial charge in [0.1, 0.15) is 12.6 Å². The largest absolute Gasteiger partial charge is 0.463 e. The minimum atomic E-state index is -0.805. The molecule has 2 aromatic carbocycles. The highest BCUT2D eigenvalue weighted by atomic mass is 16.5. The van der Waals surface area contributed by atoms with E-state index in [0.29, 0.717) is 12.1 Å². The van der Waals surface area contributed by atoms with E-state index in [9.17, 15) is 9.59 Å². The number of anilines is 1. The van der Waals surface area contributed by atoms with Gasteiger partial charge in [-0.05, 0) is 23.1 Å². The number of allylic oxidation sites excluding steroid dienone is 1. The average Bonchev–Trinajstić information content (AvgIpc) is 2.61. The van der Waals surface area contributed by atoms with Crippen molar-refractivity contribution in [2.75, 3.05) is 25.0 Å². The molecule has 0 amide bonds. The number of nitrogens with two attached hydrogens (primary N) is 2. The highest BCUT2D eigenvalue weighted by molar-refractivity contribution is 6.23. The molecule has 0 aliphatic heterocycles. The average molecular weight is 325 g/mol. The molecule has 6 nitrogen and oxygen atoms in total. The second kappa shape index (κ2) is 6.82. The van der Waals surface area contributed by atoms with Crippen LogP contribution in [0.5, 0.6) is 0 Å². The lowest BCUT2D eigenvalue weighted by Gasteiger charge is -2.17. The topological polar surface area (TPSA) is 107 Å². The number of hydrogen-bond donors (Lipinski definition) is 3. The van der Waals surface area contributed by atoms with Gasteiger partial charge in [0.15, 0.2) is 5.78 Å². The van der Waals surface area contributed by atoms with Crippen LogP contribution in [0.3, 0.4) is 0 Å². The number of esters is 1. The molecule has 0 saturated heterocycles. The molecule has 124 valence electrons.